The first kappa shape index (κ1) is 14.1. The summed E-state index contributed by atoms with van der Waals surface area (Å²) in [5.74, 6) is 0.993. The van der Waals surface area contributed by atoms with Crippen LogP contribution < -0.4 is 4.74 Å². The summed E-state index contributed by atoms with van der Waals surface area (Å²) in [4.78, 5) is 0. The molecule has 0 aliphatic heterocycles. The Kier molecular flexibility index (Phi) is 7.48. The number of ether oxygens (including phenoxy) is 1. The Morgan fingerprint density at radius 3 is 2.00 bits per heavy atom. The summed E-state index contributed by atoms with van der Waals surface area (Å²) in [5.41, 5.74) is 3.65. The number of benzene rings is 1. The van der Waals surface area contributed by atoms with Crippen molar-refractivity contribution in [2.75, 3.05) is 7.11 Å². The molecule has 74 valence electrons. The number of rotatable bonds is 2. The molecule has 0 aromatic heterocycles. The van der Waals surface area contributed by atoms with E-state index in [0.29, 0.717) is 0 Å². The Hall–Kier alpha value is 0.123. The summed E-state index contributed by atoms with van der Waals surface area (Å²) in [5, 5.41) is 0. The van der Waals surface area contributed by atoms with Crippen LogP contribution in [0.5, 0.6) is 5.75 Å². The number of aryl methyl sites for hydroxylation is 2. The van der Waals surface area contributed by atoms with E-state index >= 15 is 0 Å². The van der Waals surface area contributed by atoms with Crippen LogP contribution >= 0.6 is 13.6 Å². The van der Waals surface area contributed by atoms with Crippen molar-refractivity contribution in [3.8, 4) is 5.75 Å². The fourth-order valence-electron chi connectivity index (χ4n) is 1.51. The third-order valence-electron chi connectivity index (χ3n) is 2.01. The van der Waals surface area contributed by atoms with Crippen molar-refractivity contribution in [1.29, 1.82) is 0 Å². The van der Waals surface area contributed by atoms with Crippen LogP contribution in [0.2, 0.25) is 0 Å². The van der Waals surface area contributed by atoms with Gasteiger partial charge in [-0.1, -0.05) is 17.7 Å². The van der Waals surface area contributed by atoms with Crippen molar-refractivity contribution in [3.63, 3.8) is 0 Å². The molecule has 0 aliphatic carbocycles. The third kappa shape index (κ3) is 3.70. The van der Waals surface area contributed by atoms with Crippen LogP contribution in [0.1, 0.15) is 16.7 Å². The molecule has 14 heavy (non-hydrogen) atoms. The molecule has 3 heteroatoms. The van der Waals surface area contributed by atoms with Crippen LogP contribution in [0.25, 0.3) is 0 Å². The molecule has 0 amide bonds. The Morgan fingerprint density at radius 1 is 1.29 bits per heavy atom. The van der Waals surface area contributed by atoms with Gasteiger partial charge in [0.15, 0.2) is 0 Å². The topological polar surface area (TPSA) is 9.23 Å². The molecule has 1 aromatic rings. The van der Waals surface area contributed by atoms with Gasteiger partial charge in [-0.05, 0) is 25.0 Å². The molecule has 0 N–H and O–H groups in total. The molecule has 0 fully saturated rings. The van der Waals surface area contributed by atoms with E-state index in [1.807, 2.05) is 0 Å². The summed E-state index contributed by atoms with van der Waals surface area (Å²) in [6.07, 6.45) is 0.839. The zero-order valence-electron chi connectivity index (χ0n) is 9.06. The second-order valence-corrected chi connectivity index (χ2v) is 3.01. The molecule has 0 spiro atoms. The van der Waals surface area contributed by atoms with E-state index in [0.717, 1.165) is 12.2 Å². The number of halogens is 1. The van der Waals surface area contributed by atoms with Crippen molar-refractivity contribution >= 4 is 13.6 Å². The summed E-state index contributed by atoms with van der Waals surface area (Å²) in [6, 6.07) is 4.25. The van der Waals surface area contributed by atoms with E-state index in [2.05, 4.69) is 46.5 Å². The second kappa shape index (κ2) is 7.42. The normalized spacial score (nSPS) is 9.07. The predicted octanol–water partition coefficient (Wildman–Crippen LogP) is 3.53. The van der Waals surface area contributed by atoms with Gasteiger partial charge in [0.25, 0.3) is 0 Å². The number of hydrogen-bond acceptors (Lipinski definition) is 1. The van der Waals surface area contributed by atoms with Crippen LogP contribution in [-0.4, -0.2) is 7.11 Å². The van der Waals surface area contributed by atoms with Crippen LogP contribution in [0.4, 0.5) is 0 Å². The molecule has 1 aromatic carbocycles. The van der Waals surface area contributed by atoms with Crippen molar-refractivity contribution in [2.45, 2.75) is 20.3 Å². The van der Waals surface area contributed by atoms with Crippen LogP contribution in [-0.2, 0) is 22.8 Å². The van der Waals surface area contributed by atoms with Gasteiger partial charge < -0.3 is 11.7 Å². The fraction of sp³-hybridized carbons (Fsp3) is 0.364. The minimum atomic E-state index is 0.839. The van der Waals surface area contributed by atoms with Crippen molar-refractivity contribution in [2.24, 2.45) is 0 Å². The Bertz CT molecular complexity index is 264. The average molecular weight is 309 g/mol. The van der Waals surface area contributed by atoms with Gasteiger partial charge in [0, 0.05) is 0 Å². The maximum atomic E-state index is 5.25. The molecule has 0 unspecified atom stereocenters. The number of hydrogen-bond donors (Lipinski definition) is 0. The minimum absolute atomic E-state index is 0.839. The molecule has 0 bridgehead atoms. The van der Waals surface area contributed by atoms with Crippen molar-refractivity contribution < 1.29 is 21.1 Å². The SMILES string of the molecule is [CH2-]Cc1cc(C)c(OC)c(C)c1.[Zn+][Br]. The molecule has 0 radical (unpaired) electrons. The van der Waals surface area contributed by atoms with Crippen molar-refractivity contribution in [1.82, 2.24) is 0 Å². The molecule has 1 nitrogen and oxygen atoms in total. The molecule has 0 aliphatic rings. The second-order valence-electron chi connectivity index (χ2n) is 3.01. The zero-order chi connectivity index (χ0) is 11.1. The summed E-state index contributed by atoms with van der Waals surface area (Å²) in [7, 11) is 1.71. The molecular formula is C11H15BrOZn. The van der Waals surface area contributed by atoms with E-state index in [1.54, 1.807) is 7.11 Å². The third-order valence-corrected chi connectivity index (χ3v) is 2.01. The fourth-order valence-corrected chi connectivity index (χ4v) is 1.51. The van der Waals surface area contributed by atoms with Gasteiger partial charge in [-0.3, -0.25) is 0 Å². The van der Waals surface area contributed by atoms with Crippen LogP contribution in [0.3, 0.4) is 0 Å². The maximum absolute atomic E-state index is 5.25. The summed E-state index contributed by atoms with van der Waals surface area (Å²) >= 11 is 4.25. The molecule has 0 atom stereocenters. The molecule has 0 heterocycles. The van der Waals surface area contributed by atoms with Gasteiger partial charge in [0.05, 0.1) is 7.11 Å². The van der Waals surface area contributed by atoms with E-state index in [-0.39, 0.29) is 0 Å². The van der Waals surface area contributed by atoms with E-state index in [4.69, 9.17) is 4.74 Å². The summed E-state index contributed by atoms with van der Waals surface area (Å²) in [6.45, 7) is 7.97. The molecule has 0 saturated heterocycles. The standard InChI is InChI=1S/C11H15O.BrH.Zn/c1-5-10-6-8(2)11(12-4)9(3)7-10;;/h6-7H,1,5H2,2-4H3;1H;/q-1;;+2/p-1. The monoisotopic (exact) mass is 306 g/mol. The van der Waals surface area contributed by atoms with E-state index < -0.39 is 0 Å². The Labute approximate surface area is 103 Å². The first-order valence-corrected chi connectivity index (χ1v) is 11.3. The Morgan fingerprint density at radius 2 is 1.71 bits per heavy atom. The van der Waals surface area contributed by atoms with Gasteiger partial charge in [-0.2, -0.15) is 6.42 Å². The van der Waals surface area contributed by atoms with E-state index in [9.17, 15) is 0 Å². The quantitative estimate of drug-likeness (QED) is 0.600. The van der Waals surface area contributed by atoms with Gasteiger partial charge >= 0.3 is 30.0 Å². The average Bonchev–Trinajstić information content (AvgIpc) is 2.20. The van der Waals surface area contributed by atoms with Gasteiger partial charge in [-0.15, -0.1) is 0 Å². The number of methoxy groups -OCH3 is 1. The molecular weight excluding hydrogens is 293 g/mol. The van der Waals surface area contributed by atoms with Crippen molar-refractivity contribution in [3.05, 3.63) is 35.7 Å². The van der Waals surface area contributed by atoms with Gasteiger partial charge in [0.1, 0.15) is 5.75 Å². The van der Waals surface area contributed by atoms with Crippen LogP contribution in [0, 0.1) is 20.8 Å². The molecule has 0 saturated carbocycles. The van der Waals surface area contributed by atoms with Gasteiger partial charge in [-0.25, -0.2) is 0 Å². The summed E-state index contributed by atoms with van der Waals surface area (Å²) < 4.78 is 5.25. The van der Waals surface area contributed by atoms with Crippen LogP contribution in [0.15, 0.2) is 12.1 Å². The zero-order valence-corrected chi connectivity index (χ0v) is 13.6. The van der Waals surface area contributed by atoms with Gasteiger partial charge in [0.2, 0.25) is 0 Å². The first-order valence-electron chi connectivity index (χ1n) is 4.39. The van der Waals surface area contributed by atoms with E-state index in [1.165, 1.54) is 33.0 Å². The predicted molar refractivity (Wildman–Crippen MR) is 60.5 cm³/mol. The Balaban J connectivity index is 0.000000791. The first-order chi connectivity index (χ1) is 6.69. The molecule has 1 rings (SSSR count).